The molecule has 22 heavy (non-hydrogen) atoms. The number of nitro groups is 1. The Morgan fingerprint density at radius 2 is 2.23 bits per heavy atom. The number of sulfonamides is 1. The fourth-order valence-electron chi connectivity index (χ4n) is 2.62. The molecule has 0 spiro atoms. The summed E-state index contributed by atoms with van der Waals surface area (Å²) >= 11 is 0. The van der Waals surface area contributed by atoms with Crippen LogP contribution in [0.2, 0.25) is 0 Å². The highest BCUT2D eigenvalue weighted by Crippen LogP contribution is 2.32. The summed E-state index contributed by atoms with van der Waals surface area (Å²) in [5, 5.41) is 16.3. The monoisotopic (exact) mass is 329 g/mol. The Morgan fingerprint density at radius 3 is 2.82 bits per heavy atom. The van der Waals surface area contributed by atoms with Crippen molar-refractivity contribution < 1.29 is 18.1 Å². The highest BCUT2D eigenvalue weighted by molar-refractivity contribution is 7.89. The van der Waals surface area contributed by atoms with Crippen LogP contribution in [0.3, 0.4) is 0 Å². The van der Waals surface area contributed by atoms with Gasteiger partial charge < -0.3 is 9.64 Å². The molecule has 0 aromatic heterocycles. The van der Waals surface area contributed by atoms with Crippen LogP contribution in [0.4, 0.5) is 11.4 Å². The van der Waals surface area contributed by atoms with E-state index in [1.165, 1.54) is 12.1 Å². The number of nitrogens with zero attached hydrogens (tertiary/aromatic N) is 2. The minimum atomic E-state index is -3.97. The maximum Gasteiger partial charge on any atom is 0.293 e. The minimum absolute atomic E-state index is 0.0243. The van der Waals surface area contributed by atoms with E-state index in [9.17, 15) is 18.5 Å². The fourth-order valence-corrected chi connectivity index (χ4v) is 3.16. The second-order valence-corrected chi connectivity index (χ2v) is 6.68. The smallest absolute Gasteiger partial charge is 0.293 e. The van der Waals surface area contributed by atoms with Crippen molar-refractivity contribution in [3.05, 3.63) is 28.3 Å². The van der Waals surface area contributed by atoms with Gasteiger partial charge in [0.25, 0.3) is 5.69 Å². The Balaban J connectivity index is 2.36. The summed E-state index contributed by atoms with van der Waals surface area (Å²) in [4.78, 5) is 12.3. The molecule has 2 rings (SSSR count). The Morgan fingerprint density at radius 1 is 1.50 bits per heavy atom. The maximum absolute atomic E-state index is 11.4. The Hall–Kier alpha value is -1.71. The topological polar surface area (TPSA) is 116 Å². The molecule has 2 N–H and O–H groups in total. The van der Waals surface area contributed by atoms with Gasteiger partial charge >= 0.3 is 0 Å². The standard InChI is InChI=1S/C13H19N3O5S/c1-2-21-10-4-3-7-15(9-10)12-6-5-11(22(14,19)20)8-13(12)16(17)18/h5-6,8,10H,2-4,7,9H2,1H3,(H2,14,19,20). The molecule has 1 heterocycles. The third-order valence-electron chi connectivity index (χ3n) is 3.59. The lowest BCUT2D eigenvalue weighted by Gasteiger charge is -2.33. The van der Waals surface area contributed by atoms with Crippen molar-refractivity contribution in [3.8, 4) is 0 Å². The molecule has 1 atom stereocenters. The average Bonchev–Trinajstić information content (AvgIpc) is 2.46. The van der Waals surface area contributed by atoms with E-state index in [2.05, 4.69) is 0 Å². The number of piperidine rings is 1. The van der Waals surface area contributed by atoms with Gasteiger partial charge in [-0.05, 0) is 31.9 Å². The summed E-state index contributed by atoms with van der Waals surface area (Å²) in [6.45, 7) is 3.70. The molecule has 0 bridgehead atoms. The minimum Gasteiger partial charge on any atom is -0.377 e. The summed E-state index contributed by atoms with van der Waals surface area (Å²) in [6.07, 6.45) is 1.79. The van der Waals surface area contributed by atoms with Gasteiger partial charge in [0.05, 0.1) is 15.9 Å². The van der Waals surface area contributed by atoms with Gasteiger partial charge in [0.2, 0.25) is 10.0 Å². The van der Waals surface area contributed by atoms with E-state index in [4.69, 9.17) is 9.88 Å². The first kappa shape index (κ1) is 16.7. The van der Waals surface area contributed by atoms with Crippen molar-refractivity contribution in [3.63, 3.8) is 0 Å². The van der Waals surface area contributed by atoms with Crippen molar-refractivity contribution in [1.29, 1.82) is 0 Å². The number of benzene rings is 1. The van der Waals surface area contributed by atoms with E-state index >= 15 is 0 Å². The van der Waals surface area contributed by atoms with Crippen molar-refractivity contribution in [1.82, 2.24) is 0 Å². The first-order valence-corrected chi connectivity index (χ1v) is 8.55. The van der Waals surface area contributed by atoms with Gasteiger partial charge in [-0.2, -0.15) is 0 Å². The van der Waals surface area contributed by atoms with Crippen molar-refractivity contribution >= 4 is 21.4 Å². The van der Waals surface area contributed by atoms with Gasteiger partial charge in [-0.25, -0.2) is 13.6 Å². The molecule has 0 saturated carbocycles. The Kier molecular flexibility index (Phi) is 4.99. The van der Waals surface area contributed by atoms with E-state index in [0.29, 0.717) is 25.4 Å². The maximum atomic E-state index is 11.4. The molecule has 122 valence electrons. The zero-order valence-corrected chi connectivity index (χ0v) is 13.1. The van der Waals surface area contributed by atoms with Crippen molar-refractivity contribution in [2.75, 3.05) is 24.6 Å². The van der Waals surface area contributed by atoms with Crippen LogP contribution in [-0.2, 0) is 14.8 Å². The van der Waals surface area contributed by atoms with Gasteiger partial charge in [0.15, 0.2) is 0 Å². The molecule has 1 saturated heterocycles. The lowest BCUT2D eigenvalue weighted by Crippen LogP contribution is -2.40. The summed E-state index contributed by atoms with van der Waals surface area (Å²) in [5.74, 6) is 0. The van der Waals surface area contributed by atoms with E-state index in [1.807, 2.05) is 11.8 Å². The molecule has 1 aliphatic heterocycles. The predicted molar refractivity (Wildman–Crippen MR) is 81.3 cm³/mol. The van der Waals surface area contributed by atoms with E-state index in [0.717, 1.165) is 18.9 Å². The molecule has 1 aromatic rings. The van der Waals surface area contributed by atoms with Gasteiger partial charge in [-0.1, -0.05) is 0 Å². The van der Waals surface area contributed by atoms with Crippen LogP contribution in [0.25, 0.3) is 0 Å². The summed E-state index contributed by atoms with van der Waals surface area (Å²) in [7, 11) is -3.97. The second-order valence-electron chi connectivity index (χ2n) is 5.12. The number of rotatable bonds is 5. The second kappa shape index (κ2) is 6.59. The quantitative estimate of drug-likeness (QED) is 0.642. The number of ether oxygens (including phenoxy) is 1. The highest BCUT2D eigenvalue weighted by Gasteiger charge is 2.27. The number of nitro benzene ring substituents is 1. The number of anilines is 1. The molecule has 0 radical (unpaired) electrons. The number of primary sulfonamides is 1. The third kappa shape index (κ3) is 3.73. The lowest BCUT2D eigenvalue weighted by atomic mass is 10.1. The van der Waals surface area contributed by atoms with Gasteiger partial charge in [0, 0.05) is 25.8 Å². The van der Waals surface area contributed by atoms with Crippen LogP contribution in [0.5, 0.6) is 0 Å². The predicted octanol–water partition coefficient (Wildman–Crippen LogP) is 1.25. The molecule has 0 amide bonds. The van der Waals surface area contributed by atoms with Gasteiger partial charge in [0.1, 0.15) is 5.69 Å². The molecular formula is C13H19N3O5S. The summed E-state index contributed by atoms with van der Waals surface area (Å²) in [5.41, 5.74) is 0.130. The molecule has 9 heteroatoms. The number of hydrogen-bond donors (Lipinski definition) is 1. The fraction of sp³-hybridized carbons (Fsp3) is 0.538. The number of hydrogen-bond acceptors (Lipinski definition) is 6. The summed E-state index contributed by atoms with van der Waals surface area (Å²) in [6, 6.07) is 3.74. The zero-order chi connectivity index (χ0) is 16.3. The van der Waals surface area contributed by atoms with Crippen molar-refractivity contribution in [2.24, 2.45) is 5.14 Å². The summed E-state index contributed by atoms with van der Waals surface area (Å²) < 4.78 is 28.3. The first-order valence-electron chi connectivity index (χ1n) is 7.00. The van der Waals surface area contributed by atoms with Crippen LogP contribution in [0.15, 0.2) is 23.1 Å². The van der Waals surface area contributed by atoms with Gasteiger partial charge in [-0.3, -0.25) is 10.1 Å². The van der Waals surface area contributed by atoms with Crippen LogP contribution < -0.4 is 10.0 Å². The molecule has 8 nitrogen and oxygen atoms in total. The molecule has 1 fully saturated rings. The highest BCUT2D eigenvalue weighted by atomic mass is 32.2. The first-order chi connectivity index (χ1) is 10.3. The van der Waals surface area contributed by atoms with Crippen LogP contribution in [0.1, 0.15) is 19.8 Å². The van der Waals surface area contributed by atoms with Crippen LogP contribution >= 0.6 is 0 Å². The largest absolute Gasteiger partial charge is 0.377 e. The molecule has 0 aliphatic carbocycles. The van der Waals surface area contributed by atoms with E-state index in [-0.39, 0.29) is 16.7 Å². The molecule has 1 aromatic carbocycles. The SMILES string of the molecule is CCOC1CCCN(c2ccc(S(N)(=O)=O)cc2[N+](=O)[O-])C1. The molecule has 1 unspecified atom stereocenters. The van der Waals surface area contributed by atoms with Crippen LogP contribution in [0, 0.1) is 10.1 Å². The third-order valence-corrected chi connectivity index (χ3v) is 4.50. The molecule has 1 aliphatic rings. The van der Waals surface area contributed by atoms with Crippen molar-refractivity contribution in [2.45, 2.75) is 30.8 Å². The lowest BCUT2D eigenvalue weighted by molar-refractivity contribution is -0.384. The number of nitrogens with two attached hydrogens (primary N) is 1. The molecular weight excluding hydrogens is 310 g/mol. The Bertz CT molecular complexity index is 660. The van der Waals surface area contributed by atoms with Crippen LogP contribution in [-0.4, -0.2) is 39.1 Å². The average molecular weight is 329 g/mol. The Labute approximate surface area is 129 Å². The van der Waals surface area contributed by atoms with E-state index < -0.39 is 14.9 Å². The van der Waals surface area contributed by atoms with E-state index in [1.54, 1.807) is 0 Å². The normalized spacial score (nSPS) is 19.2. The van der Waals surface area contributed by atoms with Gasteiger partial charge in [-0.15, -0.1) is 0 Å². The zero-order valence-electron chi connectivity index (χ0n) is 12.3.